The zero-order valence-electron chi connectivity index (χ0n) is 10.4. The number of methoxy groups -OCH3 is 2. The number of nitriles is 1. The van der Waals surface area contributed by atoms with Gasteiger partial charge in [-0.15, -0.1) is 0 Å². The highest BCUT2D eigenvalue weighted by molar-refractivity contribution is 6.30. The van der Waals surface area contributed by atoms with Gasteiger partial charge in [0, 0.05) is 32.3 Å². The van der Waals surface area contributed by atoms with Crippen molar-refractivity contribution in [1.29, 1.82) is 5.26 Å². The van der Waals surface area contributed by atoms with E-state index >= 15 is 0 Å². The van der Waals surface area contributed by atoms with Crippen molar-refractivity contribution in [3.63, 3.8) is 0 Å². The third-order valence-electron chi connectivity index (χ3n) is 3.24. The van der Waals surface area contributed by atoms with Gasteiger partial charge in [0.15, 0.2) is 0 Å². The lowest BCUT2D eigenvalue weighted by Gasteiger charge is -2.19. The van der Waals surface area contributed by atoms with Gasteiger partial charge in [-0.25, -0.2) is 0 Å². The van der Waals surface area contributed by atoms with Crippen molar-refractivity contribution >= 4 is 17.3 Å². The number of benzene rings is 1. The first kappa shape index (κ1) is 13.2. The van der Waals surface area contributed by atoms with Crippen LogP contribution in [0.1, 0.15) is 5.56 Å². The summed E-state index contributed by atoms with van der Waals surface area (Å²) >= 11 is 5.90. The Morgan fingerprint density at radius 1 is 1.28 bits per heavy atom. The molecule has 1 aromatic carbocycles. The van der Waals surface area contributed by atoms with E-state index in [0.717, 1.165) is 5.69 Å². The zero-order chi connectivity index (χ0) is 13.1. The van der Waals surface area contributed by atoms with Crippen molar-refractivity contribution in [2.75, 3.05) is 32.2 Å². The number of rotatable bonds is 3. The van der Waals surface area contributed by atoms with Crippen molar-refractivity contribution in [1.82, 2.24) is 0 Å². The van der Waals surface area contributed by atoms with Gasteiger partial charge in [0.05, 0.1) is 11.3 Å². The highest BCUT2D eigenvalue weighted by atomic mass is 35.5. The first-order valence-electron chi connectivity index (χ1n) is 5.69. The standard InChI is InChI=1S/C13H15ClN2O2/c1-17-12-7-16(8-13(12)18-2)11-4-3-10(14)5-9(11)6-15/h3-5,12-13H,7-8H2,1-2H3. The molecule has 4 nitrogen and oxygen atoms in total. The van der Waals surface area contributed by atoms with Crippen molar-refractivity contribution in [3.8, 4) is 6.07 Å². The average Bonchev–Trinajstić information content (AvgIpc) is 2.81. The van der Waals surface area contributed by atoms with Crippen LogP contribution in [0.4, 0.5) is 5.69 Å². The summed E-state index contributed by atoms with van der Waals surface area (Å²) in [6, 6.07) is 7.51. The van der Waals surface area contributed by atoms with Crippen LogP contribution in [-0.4, -0.2) is 39.5 Å². The summed E-state index contributed by atoms with van der Waals surface area (Å²) in [5, 5.41) is 9.72. The van der Waals surface area contributed by atoms with E-state index in [-0.39, 0.29) is 12.2 Å². The quantitative estimate of drug-likeness (QED) is 0.840. The lowest BCUT2D eigenvalue weighted by molar-refractivity contribution is -0.00461. The van der Waals surface area contributed by atoms with Crippen LogP contribution in [0.25, 0.3) is 0 Å². The van der Waals surface area contributed by atoms with Crippen molar-refractivity contribution < 1.29 is 9.47 Å². The van der Waals surface area contributed by atoms with Crippen molar-refractivity contribution in [2.45, 2.75) is 12.2 Å². The second-order valence-electron chi connectivity index (χ2n) is 4.23. The van der Waals surface area contributed by atoms with Crippen LogP contribution < -0.4 is 4.90 Å². The predicted octanol–water partition coefficient (Wildman–Crippen LogP) is 2.06. The Morgan fingerprint density at radius 2 is 1.89 bits per heavy atom. The fourth-order valence-electron chi connectivity index (χ4n) is 2.27. The van der Waals surface area contributed by atoms with Crippen LogP contribution in [0.5, 0.6) is 0 Å². The molecule has 18 heavy (non-hydrogen) atoms. The van der Waals surface area contributed by atoms with E-state index in [9.17, 15) is 0 Å². The molecule has 0 radical (unpaired) electrons. The molecule has 1 aliphatic heterocycles. The maximum atomic E-state index is 9.15. The van der Waals surface area contributed by atoms with Gasteiger partial charge in [0.1, 0.15) is 18.3 Å². The molecule has 2 unspecified atom stereocenters. The molecular weight excluding hydrogens is 252 g/mol. The van der Waals surface area contributed by atoms with Crippen LogP contribution in [0.15, 0.2) is 18.2 Å². The average molecular weight is 267 g/mol. The van der Waals surface area contributed by atoms with E-state index in [1.807, 2.05) is 6.07 Å². The van der Waals surface area contributed by atoms with Gasteiger partial charge in [-0.05, 0) is 18.2 Å². The molecule has 0 aromatic heterocycles. The van der Waals surface area contributed by atoms with E-state index in [1.165, 1.54) is 0 Å². The van der Waals surface area contributed by atoms with Gasteiger partial charge in [-0.3, -0.25) is 0 Å². The molecule has 1 heterocycles. The summed E-state index contributed by atoms with van der Waals surface area (Å²) in [5.74, 6) is 0. The predicted molar refractivity (Wildman–Crippen MR) is 70.0 cm³/mol. The zero-order valence-corrected chi connectivity index (χ0v) is 11.1. The second kappa shape index (κ2) is 5.57. The van der Waals surface area contributed by atoms with Crippen LogP contribution in [0.2, 0.25) is 5.02 Å². The Hall–Kier alpha value is -1.28. The number of anilines is 1. The molecule has 96 valence electrons. The van der Waals surface area contributed by atoms with Crippen molar-refractivity contribution in [3.05, 3.63) is 28.8 Å². The summed E-state index contributed by atoms with van der Waals surface area (Å²) in [6.07, 6.45) is 0.0504. The molecular formula is C13H15ClN2O2. The van der Waals surface area contributed by atoms with Crippen molar-refractivity contribution in [2.24, 2.45) is 0 Å². The van der Waals surface area contributed by atoms with E-state index in [4.69, 9.17) is 26.3 Å². The number of ether oxygens (including phenoxy) is 2. The SMILES string of the molecule is COC1CN(c2ccc(Cl)cc2C#N)CC1OC. The summed E-state index contributed by atoms with van der Waals surface area (Å²) in [4.78, 5) is 2.09. The van der Waals surface area contributed by atoms with Crippen LogP contribution in [0, 0.1) is 11.3 Å². The topological polar surface area (TPSA) is 45.5 Å². The first-order valence-corrected chi connectivity index (χ1v) is 6.07. The number of halogens is 1. The van der Waals surface area contributed by atoms with Gasteiger partial charge >= 0.3 is 0 Å². The molecule has 1 aromatic rings. The van der Waals surface area contributed by atoms with E-state index in [1.54, 1.807) is 26.4 Å². The highest BCUT2D eigenvalue weighted by Gasteiger charge is 2.33. The molecule has 2 rings (SSSR count). The molecule has 0 saturated carbocycles. The maximum absolute atomic E-state index is 9.15. The molecule has 0 amide bonds. The first-order chi connectivity index (χ1) is 8.69. The Labute approximate surface area is 112 Å². The lowest BCUT2D eigenvalue weighted by Crippen LogP contribution is -2.27. The Bertz CT molecular complexity index is 461. The number of nitrogens with zero attached hydrogens (tertiary/aromatic N) is 2. The summed E-state index contributed by atoms with van der Waals surface area (Å²) in [7, 11) is 3.35. The van der Waals surface area contributed by atoms with Gasteiger partial charge in [-0.2, -0.15) is 5.26 Å². The van der Waals surface area contributed by atoms with E-state index in [2.05, 4.69) is 11.0 Å². The van der Waals surface area contributed by atoms with Gasteiger partial charge < -0.3 is 14.4 Å². The van der Waals surface area contributed by atoms with Crippen LogP contribution >= 0.6 is 11.6 Å². The normalized spacial score (nSPS) is 23.1. The van der Waals surface area contributed by atoms with E-state index < -0.39 is 0 Å². The third-order valence-corrected chi connectivity index (χ3v) is 3.48. The van der Waals surface area contributed by atoms with E-state index in [0.29, 0.717) is 23.7 Å². The van der Waals surface area contributed by atoms with Crippen LogP contribution in [-0.2, 0) is 9.47 Å². The van der Waals surface area contributed by atoms with Crippen LogP contribution in [0.3, 0.4) is 0 Å². The number of hydrogen-bond acceptors (Lipinski definition) is 4. The maximum Gasteiger partial charge on any atom is 0.102 e. The second-order valence-corrected chi connectivity index (χ2v) is 4.66. The number of hydrogen-bond donors (Lipinski definition) is 0. The van der Waals surface area contributed by atoms with Gasteiger partial charge in [0.25, 0.3) is 0 Å². The monoisotopic (exact) mass is 266 g/mol. The summed E-state index contributed by atoms with van der Waals surface area (Å²) < 4.78 is 10.8. The Kier molecular flexibility index (Phi) is 4.07. The minimum atomic E-state index is 0.0252. The van der Waals surface area contributed by atoms with Gasteiger partial charge in [-0.1, -0.05) is 11.6 Å². The molecule has 1 aliphatic rings. The highest BCUT2D eigenvalue weighted by Crippen LogP contribution is 2.28. The fourth-order valence-corrected chi connectivity index (χ4v) is 2.44. The molecule has 0 spiro atoms. The summed E-state index contributed by atoms with van der Waals surface area (Å²) in [6.45, 7) is 1.43. The third kappa shape index (κ3) is 2.44. The molecule has 2 atom stereocenters. The molecule has 5 heteroatoms. The largest absolute Gasteiger partial charge is 0.377 e. The Morgan fingerprint density at radius 3 is 2.39 bits per heavy atom. The molecule has 1 fully saturated rings. The minimum Gasteiger partial charge on any atom is -0.377 e. The smallest absolute Gasteiger partial charge is 0.102 e. The minimum absolute atomic E-state index is 0.0252. The Balaban J connectivity index is 2.26. The molecule has 0 N–H and O–H groups in total. The molecule has 1 saturated heterocycles. The molecule has 0 aliphatic carbocycles. The fraction of sp³-hybridized carbons (Fsp3) is 0.462. The summed E-state index contributed by atoms with van der Waals surface area (Å²) in [5.41, 5.74) is 1.46. The molecule has 0 bridgehead atoms. The lowest BCUT2D eigenvalue weighted by atomic mass is 10.2. The van der Waals surface area contributed by atoms with Gasteiger partial charge in [0.2, 0.25) is 0 Å².